The topological polar surface area (TPSA) is 102 Å². The number of amides is 4. The van der Waals surface area contributed by atoms with Crippen molar-refractivity contribution in [3.05, 3.63) is 64.7 Å². The molecule has 10 nitrogen and oxygen atoms in total. The Labute approximate surface area is 258 Å². The first-order valence-electron chi connectivity index (χ1n) is 16.1. The van der Waals surface area contributed by atoms with Gasteiger partial charge in [-0.1, -0.05) is 19.1 Å². The van der Waals surface area contributed by atoms with Gasteiger partial charge in [0, 0.05) is 75.1 Å². The zero-order valence-corrected chi connectivity index (χ0v) is 25.4. The number of rotatable bonds is 7. The smallest absolute Gasteiger partial charge is 0.255 e. The van der Waals surface area contributed by atoms with E-state index >= 15 is 0 Å². The molecule has 3 atom stereocenters. The predicted octanol–water partition coefficient (Wildman–Crippen LogP) is 2.80. The average molecular weight is 600 g/mol. The number of ether oxygens (including phenoxy) is 1. The van der Waals surface area contributed by atoms with Gasteiger partial charge >= 0.3 is 0 Å². The highest BCUT2D eigenvalue weighted by Gasteiger charge is 2.40. The van der Waals surface area contributed by atoms with Gasteiger partial charge in [-0.25, -0.2) is 0 Å². The molecule has 1 N–H and O–H groups in total. The van der Waals surface area contributed by atoms with Crippen LogP contribution in [0, 0.1) is 5.92 Å². The van der Waals surface area contributed by atoms with Gasteiger partial charge in [-0.3, -0.25) is 29.4 Å². The van der Waals surface area contributed by atoms with E-state index in [9.17, 15) is 19.2 Å². The lowest BCUT2D eigenvalue weighted by molar-refractivity contribution is -0.136. The lowest BCUT2D eigenvalue weighted by Crippen LogP contribution is -2.52. The fourth-order valence-electron chi connectivity index (χ4n) is 7.30. The molecule has 7 rings (SSSR count). The Hall–Kier alpha value is -3.76. The molecule has 10 heteroatoms. The number of hydrogen-bond acceptors (Lipinski definition) is 7. The molecule has 4 heterocycles. The van der Waals surface area contributed by atoms with Crippen molar-refractivity contribution in [3.8, 4) is 0 Å². The first-order chi connectivity index (χ1) is 21.3. The number of imide groups is 1. The number of likely N-dealkylation sites (tertiary alicyclic amines) is 1. The highest BCUT2D eigenvalue weighted by Crippen LogP contribution is 2.37. The van der Waals surface area contributed by atoms with Crippen molar-refractivity contribution in [2.75, 3.05) is 44.2 Å². The molecular formula is C34H41N5O5. The van der Waals surface area contributed by atoms with E-state index in [1.807, 2.05) is 47.4 Å². The molecule has 5 aliphatic rings. The molecule has 2 aromatic rings. The monoisotopic (exact) mass is 599 g/mol. The van der Waals surface area contributed by atoms with E-state index in [0.29, 0.717) is 56.9 Å². The second-order valence-electron chi connectivity index (χ2n) is 13.0. The van der Waals surface area contributed by atoms with Crippen LogP contribution in [0.15, 0.2) is 42.5 Å². The fraction of sp³-hybridized carbons (Fsp3) is 0.529. The van der Waals surface area contributed by atoms with Crippen molar-refractivity contribution in [1.29, 1.82) is 0 Å². The number of anilines is 1. The summed E-state index contributed by atoms with van der Waals surface area (Å²) in [6.45, 7) is 8.05. The van der Waals surface area contributed by atoms with Crippen LogP contribution in [0.25, 0.3) is 0 Å². The van der Waals surface area contributed by atoms with E-state index in [4.69, 9.17) is 4.74 Å². The van der Waals surface area contributed by atoms with Crippen LogP contribution in [0.3, 0.4) is 0 Å². The lowest BCUT2D eigenvalue weighted by atomic mass is 10.0. The number of piperazine rings is 1. The molecule has 232 valence electrons. The minimum Gasteiger partial charge on any atom is -0.373 e. The third-order valence-electron chi connectivity index (χ3n) is 10.1. The quantitative estimate of drug-likeness (QED) is 0.489. The van der Waals surface area contributed by atoms with Crippen molar-refractivity contribution in [2.45, 2.75) is 70.4 Å². The second-order valence-corrected chi connectivity index (χ2v) is 13.0. The number of hydrogen-bond donors (Lipinski definition) is 1. The van der Waals surface area contributed by atoms with Crippen molar-refractivity contribution in [1.82, 2.24) is 20.0 Å². The highest BCUT2D eigenvalue weighted by molar-refractivity contribution is 6.05. The first kappa shape index (κ1) is 29.0. The van der Waals surface area contributed by atoms with Crippen LogP contribution < -0.4 is 10.2 Å². The summed E-state index contributed by atoms with van der Waals surface area (Å²) in [5, 5.41) is 2.35. The van der Waals surface area contributed by atoms with Gasteiger partial charge in [0.1, 0.15) is 6.04 Å². The number of nitrogens with zero attached hydrogens (tertiary/aromatic N) is 4. The summed E-state index contributed by atoms with van der Waals surface area (Å²) in [6, 6.07) is 13.8. The molecular weight excluding hydrogens is 558 g/mol. The Bertz CT molecular complexity index is 1460. The van der Waals surface area contributed by atoms with Crippen LogP contribution in [0.1, 0.15) is 70.9 Å². The van der Waals surface area contributed by atoms with E-state index in [-0.39, 0.29) is 30.2 Å². The molecule has 2 aromatic carbocycles. The average Bonchev–Trinajstić information content (AvgIpc) is 3.69. The number of benzene rings is 2. The van der Waals surface area contributed by atoms with Gasteiger partial charge in [-0.2, -0.15) is 0 Å². The third kappa shape index (κ3) is 5.85. The maximum atomic E-state index is 13.4. The van der Waals surface area contributed by atoms with Gasteiger partial charge in [0.15, 0.2) is 0 Å². The van der Waals surface area contributed by atoms with Gasteiger partial charge in [0.25, 0.3) is 11.8 Å². The largest absolute Gasteiger partial charge is 0.373 e. The fourth-order valence-corrected chi connectivity index (χ4v) is 7.30. The van der Waals surface area contributed by atoms with E-state index in [1.54, 1.807) is 4.90 Å². The zero-order chi connectivity index (χ0) is 30.4. The van der Waals surface area contributed by atoms with E-state index in [0.717, 1.165) is 54.7 Å². The van der Waals surface area contributed by atoms with Crippen molar-refractivity contribution >= 4 is 29.3 Å². The van der Waals surface area contributed by atoms with Gasteiger partial charge in [0.05, 0.1) is 12.7 Å². The number of carbonyl (C=O) groups is 4. The highest BCUT2D eigenvalue weighted by atomic mass is 16.5. The lowest BCUT2D eigenvalue weighted by Gasteiger charge is -2.36. The van der Waals surface area contributed by atoms with Gasteiger partial charge in [0.2, 0.25) is 11.8 Å². The standard InChI is InChI=1S/C34H41N5O5/c1-22-17-30(22)37-11-9-27(10-12-37)44-21-23-3-2-4-24(18-23)33(42)38-15-13-36(14-16-38)26-5-6-28-25(19-26)20-39(34(28)43)29-7-8-31(40)35-32(29)41/h2-6,18-19,22,27,29-30H,7-17,20-21H2,1H3,(H,35,40,41)/t22-,29?,30?/m0/s1. The van der Waals surface area contributed by atoms with Crippen LogP contribution >= 0.6 is 0 Å². The molecule has 4 amide bonds. The van der Waals surface area contributed by atoms with Crippen molar-refractivity contribution < 1.29 is 23.9 Å². The minimum absolute atomic E-state index is 0.0396. The first-order valence-corrected chi connectivity index (χ1v) is 16.1. The van der Waals surface area contributed by atoms with Crippen LogP contribution in [-0.2, 0) is 27.5 Å². The van der Waals surface area contributed by atoms with Crippen molar-refractivity contribution in [3.63, 3.8) is 0 Å². The SMILES string of the molecule is C[C@H]1CC1N1CCC(OCc2cccc(C(=O)N3CCN(c4ccc5c(c4)CN(C4CCC(=O)NC4=O)C5=O)CC3)c2)CC1. The molecule has 0 aromatic heterocycles. The maximum Gasteiger partial charge on any atom is 0.255 e. The minimum atomic E-state index is -0.621. The number of piperidine rings is 2. The molecule has 2 unspecified atom stereocenters. The van der Waals surface area contributed by atoms with E-state index in [1.165, 1.54) is 6.42 Å². The number of fused-ring (bicyclic) bond motifs is 1. The molecule has 0 radical (unpaired) electrons. The van der Waals surface area contributed by atoms with E-state index in [2.05, 4.69) is 22.0 Å². The third-order valence-corrected chi connectivity index (χ3v) is 10.1. The molecule has 1 saturated carbocycles. The Morgan fingerprint density at radius 2 is 1.73 bits per heavy atom. The van der Waals surface area contributed by atoms with Gasteiger partial charge < -0.3 is 19.4 Å². The Morgan fingerprint density at radius 1 is 0.955 bits per heavy atom. The zero-order valence-electron chi connectivity index (χ0n) is 25.4. The summed E-state index contributed by atoms with van der Waals surface area (Å²) in [4.78, 5) is 58.7. The van der Waals surface area contributed by atoms with Crippen LogP contribution in [-0.4, -0.2) is 95.8 Å². The number of carbonyl (C=O) groups excluding carboxylic acids is 4. The Kier molecular flexibility index (Phi) is 7.88. The normalized spacial score (nSPS) is 26.2. The summed E-state index contributed by atoms with van der Waals surface area (Å²) in [7, 11) is 0. The number of nitrogens with one attached hydrogen (secondary N) is 1. The Morgan fingerprint density at radius 3 is 2.45 bits per heavy atom. The maximum absolute atomic E-state index is 13.4. The molecule has 1 aliphatic carbocycles. The molecule has 4 fully saturated rings. The second kappa shape index (κ2) is 12.0. The molecule has 3 saturated heterocycles. The molecule has 0 spiro atoms. The molecule has 44 heavy (non-hydrogen) atoms. The predicted molar refractivity (Wildman–Crippen MR) is 164 cm³/mol. The van der Waals surface area contributed by atoms with Crippen LogP contribution in [0.5, 0.6) is 0 Å². The summed E-state index contributed by atoms with van der Waals surface area (Å²) in [5.74, 6) is 0.0272. The Balaban J connectivity index is 0.910. The summed E-state index contributed by atoms with van der Waals surface area (Å²) in [5.41, 5.74) is 4.23. The van der Waals surface area contributed by atoms with Crippen molar-refractivity contribution in [2.24, 2.45) is 5.92 Å². The van der Waals surface area contributed by atoms with Gasteiger partial charge in [-0.15, -0.1) is 0 Å². The van der Waals surface area contributed by atoms with Gasteiger partial charge in [-0.05, 0) is 73.1 Å². The van der Waals surface area contributed by atoms with E-state index < -0.39 is 11.9 Å². The summed E-state index contributed by atoms with van der Waals surface area (Å²) >= 11 is 0. The summed E-state index contributed by atoms with van der Waals surface area (Å²) < 4.78 is 6.26. The van der Waals surface area contributed by atoms with Crippen LogP contribution in [0.4, 0.5) is 5.69 Å². The summed E-state index contributed by atoms with van der Waals surface area (Å²) in [6.07, 6.45) is 4.36. The molecule has 4 aliphatic heterocycles. The molecule has 0 bridgehead atoms. The van der Waals surface area contributed by atoms with Crippen LogP contribution in [0.2, 0.25) is 0 Å².